The van der Waals surface area contributed by atoms with Gasteiger partial charge in [0.05, 0.1) is 23.8 Å². The molecule has 0 saturated carbocycles. The molecule has 1 aliphatic rings. The van der Waals surface area contributed by atoms with Gasteiger partial charge in [0, 0.05) is 17.5 Å². The van der Waals surface area contributed by atoms with Crippen molar-refractivity contribution in [1.82, 2.24) is 5.43 Å². The Morgan fingerprint density at radius 3 is 2.34 bits per heavy atom. The predicted molar refractivity (Wildman–Crippen MR) is 143 cm³/mol. The van der Waals surface area contributed by atoms with Crippen LogP contribution < -0.4 is 10.2 Å². The molecule has 1 amide bonds. The number of esters is 1. The van der Waals surface area contributed by atoms with E-state index in [9.17, 15) is 9.59 Å². The zero-order chi connectivity index (χ0) is 26.5. The van der Waals surface area contributed by atoms with Gasteiger partial charge in [-0.15, -0.1) is 0 Å². The number of amides is 1. The Morgan fingerprint density at radius 1 is 0.974 bits per heavy atom. The molecular formula is C31H25N3O4. The number of carbonyl (C=O) groups excluding carboxylic acids is 2. The van der Waals surface area contributed by atoms with E-state index in [1.807, 2.05) is 54.6 Å². The molecule has 0 saturated heterocycles. The largest absolute Gasteiger partial charge is 0.453 e. The zero-order valence-electron chi connectivity index (χ0n) is 20.9. The van der Waals surface area contributed by atoms with Gasteiger partial charge in [-0.1, -0.05) is 54.6 Å². The number of hydrogen-bond donors (Lipinski definition) is 1. The van der Waals surface area contributed by atoms with Gasteiger partial charge in [-0.2, -0.15) is 10.4 Å². The predicted octanol–water partition coefficient (Wildman–Crippen LogP) is 5.75. The van der Waals surface area contributed by atoms with Gasteiger partial charge in [0.25, 0.3) is 0 Å². The number of rotatable bonds is 6. The standard InChI is InChI=1S/C31H25N3O4/c1-20-29-26(33-34-28(35)18-21-6-3-2-4-7-21)8-5-9-27(29)38-30(20)31(36)37-25-16-14-24(15-17-25)23-12-10-22(19-32)11-13-23/h2-4,6-7,10-17H,5,8-9,18H2,1H3,(H,34,35)/b33-26+. The Bertz CT molecular complexity index is 1540. The molecule has 0 radical (unpaired) electrons. The van der Waals surface area contributed by atoms with Crippen LogP contribution in [-0.4, -0.2) is 17.6 Å². The second-order valence-corrected chi connectivity index (χ2v) is 9.07. The summed E-state index contributed by atoms with van der Waals surface area (Å²) < 4.78 is 11.5. The maximum absolute atomic E-state index is 13.0. The minimum Gasteiger partial charge on any atom is -0.453 e. The van der Waals surface area contributed by atoms with Crippen LogP contribution >= 0.6 is 0 Å². The summed E-state index contributed by atoms with van der Waals surface area (Å²) in [5.74, 6) is 0.407. The van der Waals surface area contributed by atoms with Crippen molar-refractivity contribution in [3.8, 4) is 22.9 Å². The van der Waals surface area contributed by atoms with Gasteiger partial charge >= 0.3 is 5.97 Å². The van der Waals surface area contributed by atoms with Crippen LogP contribution in [0, 0.1) is 18.3 Å². The Balaban J connectivity index is 1.28. The topological polar surface area (TPSA) is 105 Å². The lowest BCUT2D eigenvalue weighted by Crippen LogP contribution is -2.23. The molecule has 38 heavy (non-hydrogen) atoms. The van der Waals surface area contributed by atoms with Crippen LogP contribution in [0.2, 0.25) is 0 Å². The average Bonchev–Trinajstić information content (AvgIpc) is 3.30. The molecule has 0 atom stereocenters. The van der Waals surface area contributed by atoms with Gasteiger partial charge < -0.3 is 9.15 Å². The molecule has 7 heteroatoms. The molecule has 0 unspecified atom stereocenters. The number of nitrogens with one attached hydrogen (secondary N) is 1. The number of ether oxygens (including phenoxy) is 1. The summed E-state index contributed by atoms with van der Waals surface area (Å²) in [6.07, 6.45) is 2.39. The highest BCUT2D eigenvalue weighted by Gasteiger charge is 2.29. The van der Waals surface area contributed by atoms with E-state index in [1.165, 1.54) is 0 Å². The molecule has 1 N–H and O–H groups in total. The maximum Gasteiger partial charge on any atom is 0.379 e. The van der Waals surface area contributed by atoms with Gasteiger partial charge in [0.1, 0.15) is 11.5 Å². The van der Waals surface area contributed by atoms with Crippen molar-refractivity contribution in [2.24, 2.45) is 5.10 Å². The maximum atomic E-state index is 13.0. The third-order valence-electron chi connectivity index (χ3n) is 6.45. The molecule has 5 rings (SSSR count). The van der Waals surface area contributed by atoms with Crippen LogP contribution in [0.25, 0.3) is 11.1 Å². The van der Waals surface area contributed by atoms with Crippen LogP contribution in [0.1, 0.15) is 51.4 Å². The Kier molecular flexibility index (Phi) is 7.14. The van der Waals surface area contributed by atoms with Crippen molar-refractivity contribution in [3.63, 3.8) is 0 Å². The second kappa shape index (κ2) is 11.0. The minimum absolute atomic E-state index is 0.136. The Labute approximate surface area is 220 Å². The normalized spacial score (nSPS) is 13.4. The van der Waals surface area contributed by atoms with E-state index < -0.39 is 5.97 Å². The molecule has 0 aliphatic heterocycles. The molecule has 0 bridgehead atoms. The highest BCUT2D eigenvalue weighted by molar-refractivity contribution is 6.06. The SMILES string of the molecule is Cc1c(C(=O)Oc2ccc(-c3ccc(C#N)cc3)cc2)oc2c1/C(=N/NC(=O)Cc1ccccc1)CCC2. The summed E-state index contributed by atoms with van der Waals surface area (Å²) in [7, 11) is 0. The lowest BCUT2D eigenvalue weighted by Gasteiger charge is -2.13. The minimum atomic E-state index is -0.588. The van der Waals surface area contributed by atoms with E-state index in [0.29, 0.717) is 41.2 Å². The first-order valence-electron chi connectivity index (χ1n) is 12.4. The van der Waals surface area contributed by atoms with E-state index in [1.54, 1.807) is 31.2 Å². The number of hydrazone groups is 1. The highest BCUT2D eigenvalue weighted by atomic mass is 16.5. The van der Waals surface area contributed by atoms with E-state index in [0.717, 1.165) is 28.7 Å². The summed E-state index contributed by atoms with van der Waals surface area (Å²) in [6, 6.07) is 26.0. The monoisotopic (exact) mass is 503 g/mol. The van der Waals surface area contributed by atoms with Gasteiger partial charge in [-0.25, -0.2) is 10.2 Å². The van der Waals surface area contributed by atoms with Crippen LogP contribution in [-0.2, 0) is 17.6 Å². The van der Waals surface area contributed by atoms with Crippen LogP contribution in [0.15, 0.2) is 88.4 Å². The van der Waals surface area contributed by atoms with Crippen molar-refractivity contribution in [1.29, 1.82) is 5.26 Å². The van der Waals surface area contributed by atoms with Crippen LogP contribution in [0.5, 0.6) is 5.75 Å². The molecule has 1 aliphatic carbocycles. The number of hydrogen-bond acceptors (Lipinski definition) is 6. The van der Waals surface area contributed by atoms with Gasteiger partial charge in [0.2, 0.25) is 11.7 Å². The van der Waals surface area contributed by atoms with Gasteiger partial charge in [-0.3, -0.25) is 4.79 Å². The number of furan rings is 1. The lowest BCUT2D eigenvalue weighted by atomic mass is 9.93. The fourth-order valence-electron chi connectivity index (χ4n) is 4.53. The molecule has 7 nitrogen and oxygen atoms in total. The number of nitriles is 1. The summed E-state index contributed by atoms with van der Waals surface area (Å²) in [6.45, 7) is 1.81. The second-order valence-electron chi connectivity index (χ2n) is 9.07. The van der Waals surface area contributed by atoms with Crippen molar-refractivity contribution in [3.05, 3.63) is 113 Å². The van der Waals surface area contributed by atoms with E-state index in [4.69, 9.17) is 14.4 Å². The third kappa shape index (κ3) is 5.40. The summed E-state index contributed by atoms with van der Waals surface area (Å²) >= 11 is 0. The number of nitrogens with zero attached hydrogens (tertiary/aromatic N) is 2. The average molecular weight is 504 g/mol. The van der Waals surface area contributed by atoms with E-state index >= 15 is 0 Å². The first kappa shape index (κ1) is 24.7. The molecular weight excluding hydrogens is 478 g/mol. The molecule has 188 valence electrons. The van der Waals surface area contributed by atoms with E-state index in [-0.39, 0.29) is 18.1 Å². The highest BCUT2D eigenvalue weighted by Crippen LogP contribution is 2.31. The molecule has 4 aromatic rings. The van der Waals surface area contributed by atoms with Gasteiger partial charge in [-0.05, 0) is 60.7 Å². The first-order valence-corrected chi connectivity index (χ1v) is 12.4. The summed E-state index contributed by atoms with van der Waals surface area (Å²) in [5, 5.41) is 13.3. The zero-order valence-corrected chi connectivity index (χ0v) is 20.9. The number of carbonyl (C=O) groups is 2. The van der Waals surface area contributed by atoms with Crippen molar-refractivity contribution in [2.75, 3.05) is 0 Å². The smallest absolute Gasteiger partial charge is 0.379 e. The number of benzene rings is 3. The Morgan fingerprint density at radius 2 is 1.66 bits per heavy atom. The quantitative estimate of drug-likeness (QED) is 0.205. The van der Waals surface area contributed by atoms with Crippen molar-refractivity contribution >= 4 is 17.6 Å². The number of aryl methyl sites for hydroxylation is 1. The van der Waals surface area contributed by atoms with E-state index in [2.05, 4.69) is 16.6 Å². The third-order valence-corrected chi connectivity index (χ3v) is 6.45. The molecule has 1 aromatic heterocycles. The van der Waals surface area contributed by atoms with Crippen molar-refractivity contribution < 1.29 is 18.7 Å². The first-order chi connectivity index (χ1) is 18.5. The molecule has 0 spiro atoms. The fraction of sp³-hybridized carbons (Fsp3) is 0.161. The van der Waals surface area contributed by atoms with Gasteiger partial charge in [0.15, 0.2) is 0 Å². The number of fused-ring (bicyclic) bond motifs is 1. The summed E-state index contributed by atoms with van der Waals surface area (Å²) in [5.41, 5.74) is 8.15. The van der Waals surface area contributed by atoms with Crippen LogP contribution in [0.4, 0.5) is 0 Å². The molecule has 3 aromatic carbocycles. The summed E-state index contributed by atoms with van der Waals surface area (Å²) in [4.78, 5) is 25.4. The molecule has 0 fully saturated rings. The molecule has 1 heterocycles. The van der Waals surface area contributed by atoms with Crippen LogP contribution in [0.3, 0.4) is 0 Å². The fourth-order valence-corrected chi connectivity index (χ4v) is 4.53. The Hall–Kier alpha value is -4.96. The lowest BCUT2D eigenvalue weighted by molar-refractivity contribution is -0.120. The van der Waals surface area contributed by atoms with Crippen molar-refractivity contribution in [2.45, 2.75) is 32.6 Å².